The zero-order valence-electron chi connectivity index (χ0n) is 11.8. The Morgan fingerprint density at radius 3 is 2.76 bits per heavy atom. The third kappa shape index (κ3) is 2.76. The lowest BCUT2D eigenvalue weighted by Gasteiger charge is -2.37. The summed E-state index contributed by atoms with van der Waals surface area (Å²) >= 11 is 1.65. The number of hydrogen-bond acceptors (Lipinski definition) is 6. The minimum Gasteiger partial charge on any atom is -0.444 e. The predicted octanol–water partition coefficient (Wildman–Crippen LogP) is 2.74. The van der Waals surface area contributed by atoms with Crippen LogP contribution in [0.4, 0.5) is 0 Å². The largest absolute Gasteiger partial charge is 0.444 e. The van der Waals surface area contributed by atoms with E-state index < -0.39 is 0 Å². The second-order valence-electron chi connectivity index (χ2n) is 5.51. The second-order valence-corrected chi connectivity index (χ2v) is 6.45. The van der Waals surface area contributed by atoms with Crippen molar-refractivity contribution in [1.82, 2.24) is 9.88 Å². The first kappa shape index (κ1) is 13.5. The summed E-state index contributed by atoms with van der Waals surface area (Å²) in [6.07, 6.45) is 3.63. The molecule has 2 aliphatic heterocycles. The summed E-state index contributed by atoms with van der Waals surface area (Å²) in [7, 11) is 0. The molecule has 0 bridgehead atoms. The summed E-state index contributed by atoms with van der Waals surface area (Å²) in [5, 5.41) is 2.03. The predicted molar refractivity (Wildman–Crippen MR) is 79.0 cm³/mol. The first-order chi connectivity index (χ1) is 10.3. The monoisotopic (exact) mass is 306 g/mol. The van der Waals surface area contributed by atoms with Crippen LogP contribution in [0, 0.1) is 0 Å². The van der Waals surface area contributed by atoms with Crippen LogP contribution in [0.15, 0.2) is 28.2 Å². The summed E-state index contributed by atoms with van der Waals surface area (Å²) < 4.78 is 17.1. The minimum absolute atomic E-state index is 0.303. The van der Waals surface area contributed by atoms with Crippen molar-refractivity contribution in [2.24, 2.45) is 0 Å². The van der Waals surface area contributed by atoms with Crippen molar-refractivity contribution < 1.29 is 13.9 Å². The number of rotatable bonds is 3. The van der Waals surface area contributed by atoms with Crippen molar-refractivity contribution in [2.45, 2.75) is 25.2 Å². The molecule has 112 valence electrons. The van der Waals surface area contributed by atoms with Crippen LogP contribution in [-0.4, -0.2) is 42.0 Å². The standard InChI is InChI=1S/C15H18N2O3S/c1-2-13(21-9-1)14-16-12(11-18-14)10-17-5-3-15(4-6-17)19-7-8-20-15/h1-2,9,11H,3-8,10H2. The fraction of sp³-hybridized carbons (Fsp3) is 0.533. The van der Waals surface area contributed by atoms with Crippen molar-refractivity contribution in [1.29, 1.82) is 0 Å². The quantitative estimate of drug-likeness (QED) is 0.872. The average molecular weight is 306 g/mol. The molecule has 2 aliphatic rings. The highest BCUT2D eigenvalue weighted by atomic mass is 32.1. The first-order valence-corrected chi connectivity index (χ1v) is 8.20. The SMILES string of the molecule is c1csc(-c2nc(CN3CCC4(CC3)OCCO4)co2)c1. The molecule has 0 atom stereocenters. The van der Waals surface area contributed by atoms with E-state index in [-0.39, 0.29) is 5.79 Å². The Balaban J connectivity index is 1.37. The summed E-state index contributed by atoms with van der Waals surface area (Å²) in [6, 6.07) is 4.04. The van der Waals surface area contributed by atoms with Crippen molar-refractivity contribution in [3.8, 4) is 10.8 Å². The molecule has 0 aliphatic carbocycles. The zero-order valence-corrected chi connectivity index (χ0v) is 12.6. The van der Waals surface area contributed by atoms with E-state index in [0.29, 0.717) is 0 Å². The molecule has 2 fully saturated rings. The van der Waals surface area contributed by atoms with Crippen LogP contribution in [0.1, 0.15) is 18.5 Å². The summed E-state index contributed by atoms with van der Waals surface area (Å²) in [4.78, 5) is 8.03. The summed E-state index contributed by atoms with van der Waals surface area (Å²) in [5.41, 5.74) is 0.989. The Morgan fingerprint density at radius 2 is 2.05 bits per heavy atom. The number of hydrogen-bond donors (Lipinski definition) is 0. The van der Waals surface area contributed by atoms with Gasteiger partial charge in [0.15, 0.2) is 5.79 Å². The molecule has 0 aromatic carbocycles. The molecule has 0 amide bonds. The van der Waals surface area contributed by atoms with Crippen LogP contribution >= 0.6 is 11.3 Å². The number of nitrogens with zero attached hydrogens (tertiary/aromatic N) is 2. The fourth-order valence-electron chi connectivity index (χ4n) is 2.96. The van der Waals surface area contributed by atoms with Gasteiger partial charge < -0.3 is 13.9 Å². The van der Waals surface area contributed by atoms with Gasteiger partial charge in [0, 0.05) is 32.5 Å². The van der Waals surface area contributed by atoms with Crippen molar-refractivity contribution in [3.05, 3.63) is 29.5 Å². The Kier molecular flexibility index (Phi) is 3.54. The molecular weight excluding hydrogens is 288 g/mol. The molecule has 0 radical (unpaired) electrons. The topological polar surface area (TPSA) is 47.7 Å². The van der Waals surface area contributed by atoms with Gasteiger partial charge in [-0.25, -0.2) is 4.98 Å². The van der Waals surface area contributed by atoms with Crippen LogP contribution in [0.3, 0.4) is 0 Å². The molecule has 4 rings (SSSR count). The van der Waals surface area contributed by atoms with E-state index >= 15 is 0 Å². The first-order valence-electron chi connectivity index (χ1n) is 7.32. The maximum atomic E-state index is 5.75. The van der Waals surface area contributed by atoms with Gasteiger partial charge in [0.2, 0.25) is 5.89 Å². The molecule has 21 heavy (non-hydrogen) atoms. The number of ether oxygens (including phenoxy) is 2. The molecule has 2 aromatic rings. The Labute approximate surface area is 127 Å². The normalized spacial score (nSPS) is 22.1. The van der Waals surface area contributed by atoms with Gasteiger partial charge in [-0.05, 0) is 11.4 Å². The second kappa shape index (κ2) is 5.53. The molecule has 0 saturated carbocycles. The maximum Gasteiger partial charge on any atom is 0.236 e. The summed E-state index contributed by atoms with van der Waals surface area (Å²) in [5.74, 6) is 0.415. The van der Waals surface area contributed by atoms with Crippen molar-refractivity contribution >= 4 is 11.3 Å². The maximum absolute atomic E-state index is 5.75. The third-order valence-electron chi connectivity index (χ3n) is 4.10. The third-order valence-corrected chi connectivity index (χ3v) is 4.96. The van der Waals surface area contributed by atoms with Crippen LogP contribution in [0.2, 0.25) is 0 Å². The number of oxazole rings is 1. The van der Waals surface area contributed by atoms with Crippen LogP contribution < -0.4 is 0 Å². The van der Waals surface area contributed by atoms with Crippen LogP contribution in [0.5, 0.6) is 0 Å². The average Bonchev–Trinajstić information content (AvgIpc) is 3.23. The highest BCUT2D eigenvalue weighted by Crippen LogP contribution is 2.32. The van der Waals surface area contributed by atoms with Crippen LogP contribution in [-0.2, 0) is 16.0 Å². The van der Waals surface area contributed by atoms with Gasteiger partial charge in [-0.2, -0.15) is 0 Å². The summed E-state index contributed by atoms with van der Waals surface area (Å²) in [6.45, 7) is 4.23. The molecule has 1 spiro atoms. The van der Waals surface area contributed by atoms with Gasteiger partial charge in [-0.3, -0.25) is 4.90 Å². The van der Waals surface area contributed by atoms with Gasteiger partial charge >= 0.3 is 0 Å². The lowest BCUT2D eigenvalue weighted by molar-refractivity contribution is -0.185. The van der Waals surface area contributed by atoms with E-state index in [1.807, 2.05) is 17.5 Å². The van der Waals surface area contributed by atoms with Gasteiger partial charge in [-0.15, -0.1) is 11.3 Å². The molecule has 5 nitrogen and oxygen atoms in total. The van der Waals surface area contributed by atoms with Gasteiger partial charge in [-0.1, -0.05) is 6.07 Å². The molecule has 0 unspecified atom stereocenters. The fourth-order valence-corrected chi connectivity index (χ4v) is 3.62. The zero-order chi connectivity index (χ0) is 14.1. The van der Waals surface area contributed by atoms with E-state index in [4.69, 9.17) is 13.9 Å². The molecule has 2 aromatic heterocycles. The number of thiophene rings is 1. The molecule has 2 saturated heterocycles. The van der Waals surface area contributed by atoms with Gasteiger partial charge in [0.25, 0.3) is 0 Å². The Morgan fingerprint density at radius 1 is 1.24 bits per heavy atom. The number of piperidine rings is 1. The Hall–Kier alpha value is -1.21. The number of likely N-dealkylation sites (tertiary alicyclic amines) is 1. The van der Waals surface area contributed by atoms with E-state index in [1.165, 1.54) is 0 Å². The molecule has 6 heteroatoms. The van der Waals surface area contributed by atoms with Gasteiger partial charge in [0.1, 0.15) is 6.26 Å². The van der Waals surface area contributed by atoms with Gasteiger partial charge in [0.05, 0.1) is 23.8 Å². The van der Waals surface area contributed by atoms with E-state index in [0.717, 1.165) is 62.2 Å². The lowest BCUT2D eigenvalue weighted by atomic mass is 10.0. The van der Waals surface area contributed by atoms with Crippen LogP contribution in [0.25, 0.3) is 10.8 Å². The van der Waals surface area contributed by atoms with Crippen molar-refractivity contribution in [3.63, 3.8) is 0 Å². The van der Waals surface area contributed by atoms with E-state index in [2.05, 4.69) is 9.88 Å². The lowest BCUT2D eigenvalue weighted by Crippen LogP contribution is -2.44. The molecular formula is C15H18N2O3S. The smallest absolute Gasteiger partial charge is 0.236 e. The van der Waals surface area contributed by atoms with Crippen molar-refractivity contribution in [2.75, 3.05) is 26.3 Å². The van der Waals surface area contributed by atoms with E-state index in [9.17, 15) is 0 Å². The Bertz CT molecular complexity index is 580. The molecule has 0 N–H and O–H groups in total. The highest BCUT2D eigenvalue weighted by molar-refractivity contribution is 7.13. The molecule has 4 heterocycles. The number of aromatic nitrogens is 1. The minimum atomic E-state index is -0.303. The van der Waals surface area contributed by atoms with E-state index in [1.54, 1.807) is 17.6 Å². The highest BCUT2D eigenvalue weighted by Gasteiger charge is 2.39.